The van der Waals surface area contributed by atoms with Crippen LogP contribution < -0.4 is 10.6 Å². The Hall–Kier alpha value is 0.509. The van der Waals surface area contributed by atoms with E-state index in [1.165, 1.54) is 64.2 Å². The van der Waals surface area contributed by atoms with Crippen molar-refractivity contribution in [3.8, 4) is 0 Å². The predicted octanol–water partition coefficient (Wildman–Crippen LogP) is 10.2. The van der Waals surface area contributed by atoms with Crippen molar-refractivity contribution in [1.29, 1.82) is 0 Å². The van der Waals surface area contributed by atoms with Gasteiger partial charge in [0, 0.05) is 17.1 Å². The summed E-state index contributed by atoms with van der Waals surface area (Å²) < 4.78 is 0. The van der Waals surface area contributed by atoms with Crippen LogP contribution in [0.25, 0.3) is 0 Å². The predicted molar refractivity (Wildman–Crippen MR) is 169 cm³/mol. The molecule has 0 aliphatic heterocycles. The Bertz CT molecular complexity index is 759. The van der Waals surface area contributed by atoms with Gasteiger partial charge in [-0.15, -0.1) is 41.3 Å². The van der Waals surface area contributed by atoms with E-state index >= 15 is 0 Å². The second-order valence-electron chi connectivity index (χ2n) is 12.9. The van der Waals surface area contributed by atoms with Crippen LogP contribution in [-0.2, 0) is 17.1 Å². The van der Waals surface area contributed by atoms with Gasteiger partial charge in [-0.3, -0.25) is 0 Å². The second kappa shape index (κ2) is 15.3. The number of hydrogen-bond acceptors (Lipinski definition) is 0. The summed E-state index contributed by atoms with van der Waals surface area (Å²) in [6.45, 7) is 17.7. The van der Waals surface area contributed by atoms with Crippen LogP contribution in [0.3, 0.4) is 0 Å². The summed E-state index contributed by atoms with van der Waals surface area (Å²) in [6.07, 6.45) is 14.7. The minimum Gasteiger partial charge on any atom is -0.748 e. The van der Waals surface area contributed by atoms with Gasteiger partial charge in [0.05, 0.1) is 0 Å². The van der Waals surface area contributed by atoms with E-state index < -0.39 is 0 Å². The first kappa shape index (κ1) is 32.7. The fourth-order valence-corrected chi connectivity index (χ4v) is 15.6. The molecule has 0 saturated heterocycles. The van der Waals surface area contributed by atoms with E-state index in [2.05, 4.69) is 60.6 Å². The molecular weight excluding hydrogens is 533 g/mol. The summed E-state index contributed by atoms with van der Waals surface area (Å²) in [6, 6.07) is 15.2. The maximum absolute atomic E-state index is 2.61. The molecule has 0 N–H and O–H groups in total. The van der Waals surface area contributed by atoms with Crippen molar-refractivity contribution in [2.75, 3.05) is 0 Å². The molecule has 2 aliphatic rings. The molecule has 2 aromatic rings. The van der Waals surface area contributed by atoms with E-state index in [9.17, 15) is 0 Å². The zero-order valence-corrected chi connectivity index (χ0v) is 28.1. The molecule has 0 amide bonds. The van der Waals surface area contributed by atoms with Crippen LogP contribution in [0, 0.1) is 0 Å². The van der Waals surface area contributed by atoms with Gasteiger partial charge in [0.2, 0.25) is 0 Å². The molecule has 3 unspecified atom stereocenters. The zero-order chi connectivity index (χ0) is 25.5. The Kier molecular flexibility index (Phi) is 13.9. The standard InChI is InChI=1S/C27H48P3.C5H5.Fe/c1-20(30(26(2,3)4)27(5,6)7)25-23(28-21-14-10-8-11-15-21)18-19-24(25)29-22-16-12-9-13-17-22;1-2-4-5-3-1;/h18-22,28-29H,8-17H2,1-7H3;1-5H;/q-1;-5;. The third-order valence-electron chi connectivity index (χ3n) is 7.73. The van der Waals surface area contributed by atoms with Gasteiger partial charge >= 0.3 is 0 Å². The molecule has 210 valence electrons. The molecule has 0 radical (unpaired) electrons. The van der Waals surface area contributed by atoms with Gasteiger partial charge in [0.25, 0.3) is 0 Å². The van der Waals surface area contributed by atoms with Crippen molar-refractivity contribution >= 4 is 35.7 Å². The van der Waals surface area contributed by atoms with Crippen LogP contribution in [-0.4, -0.2) is 21.6 Å². The van der Waals surface area contributed by atoms with Crippen molar-refractivity contribution < 1.29 is 17.1 Å². The van der Waals surface area contributed by atoms with Crippen LogP contribution in [0.15, 0.2) is 42.5 Å². The molecule has 0 spiro atoms. The van der Waals surface area contributed by atoms with Crippen LogP contribution in [0.2, 0.25) is 0 Å². The molecule has 36 heavy (non-hydrogen) atoms. The molecule has 0 aromatic heterocycles. The maximum Gasteiger partial charge on any atom is 0 e. The Morgan fingerprint density at radius 2 is 1.03 bits per heavy atom. The minimum atomic E-state index is -0.124. The van der Waals surface area contributed by atoms with E-state index in [1.54, 1.807) is 10.6 Å². The monoisotopic (exact) mass is 586 g/mol. The van der Waals surface area contributed by atoms with Crippen molar-refractivity contribution in [3.05, 3.63) is 48.0 Å². The summed E-state index contributed by atoms with van der Waals surface area (Å²) in [7, 11) is 1.98. The molecule has 2 aromatic carbocycles. The van der Waals surface area contributed by atoms with Crippen molar-refractivity contribution in [3.63, 3.8) is 0 Å². The third-order valence-corrected chi connectivity index (χ3v) is 15.1. The largest absolute Gasteiger partial charge is 0.748 e. The summed E-state index contributed by atoms with van der Waals surface area (Å²) >= 11 is 0. The summed E-state index contributed by atoms with van der Waals surface area (Å²) in [5, 5.41) is 4.32. The first-order chi connectivity index (χ1) is 16.6. The molecule has 0 heterocycles. The normalized spacial score (nSPS) is 19.6. The molecule has 2 saturated carbocycles. The van der Waals surface area contributed by atoms with Gasteiger partial charge < -0.3 is 30.3 Å². The van der Waals surface area contributed by atoms with E-state index in [-0.39, 0.29) is 25.0 Å². The molecule has 4 heteroatoms. The summed E-state index contributed by atoms with van der Waals surface area (Å²) in [5.41, 5.74) is 4.48. The first-order valence-electron chi connectivity index (χ1n) is 14.4. The number of hydrogen-bond donors (Lipinski definition) is 0. The average molecular weight is 587 g/mol. The third kappa shape index (κ3) is 9.92. The van der Waals surface area contributed by atoms with Gasteiger partial charge in [-0.25, -0.2) is 12.1 Å². The van der Waals surface area contributed by atoms with E-state index in [1.807, 2.05) is 35.9 Å². The van der Waals surface area contributed by atoms with Crippen molar-refractivity contribution in [1.82, 2.24) is 0 Å². The molecule has 4 rings (SSSR count). The topological polar surface area (TPSA) is 0 Å². The van der Waals surface area contributed by atoms with Gasteiger partial charge in [-0.05, 0) is 53.0 Å². The Morgan fingerprint density at radius 3 is 1.33 bits per heavy atom. The zero-order valence-electron chi connectivity index (χ0n) is 24.1. The van der Waals surface area contributed by atoms with Gasteiger partial charge in [0.1, 0.15) is 0 Å². The van der Waals surface area contributed by atoms with Gasteiger partial charge in [-0.1, -0.05) is 87.0 Å². The van der Waals surface area contributed by atoms with Gasteiger partial charge in [0.15, 0.2) is 0 Å². The second-order valence-corrected chi connectivity index (χ2v) is 20.4. The SMILES string of the molecule is CC([c-]1c(PC2CCCCC2)ccc1PC1CCCCC1)P(C(C)(C)C)C(C)(C)C.[Fe].[cH-]1[cH-][cH-][cH-][cH-]1. The fraction of sp³-hybridized carbons (Fsp3) is 0.688. The Labute approximate surface area is 239 Å². The first-order valence-corrected chi connectivity index (χ1v) is 17.9. The van der Waals surface area contributed by atoms with Crippen LogP contribution in [0.4, 0.5) is 0 Å². The molecule has 2 fully saturated rings. The molecule has 3 atom stereocenters. The van der Waals surface area contributed by atoms with Crippen LogP contribution in [0.5, 0.6) is 0 Å². The number of rotatable bonds is 6. The van der Waals surface area contributed by atoms with E-state index in [0.717, 1.165) is 28.5 Å². The van der Waals surface area contributed by atoms with Crippen LogP contribution >= 0.6 is 25.1 Å². The van der Waals surface area contributed by atoms with Crippen LogP contribution in [0.1, 0.15) is 124 Å². The smallest absolute Gasteiger partial charge is 0 e. The van der Waals surface area contributed by atoms with E-state index in [0.29, 0.717) is 16.0 Å². The minimum absolute atomic E-state index is 0. The molecule has 2 aliphatic carbocycles. The fourth-order valence-electron chi connectivity index (χ4n) is 6.74. The molecule has 0 bridgehead atoms. The van der Waals surface area contributed by atoms with Crippen molar-refractivity contribution in [2.45, 2.75) is 140 Å². The average Bonchev–Trinajstić information content (AvgIpc) is 3.47. The summed E-state index contributed by atoms with van der Waals surface area (Å²) in [5.74, 6) is 0. The Morgan fingerprint density at radius 1 is 0.694 bits per heavy atom. The molecule has 0 nitrogen and oxygen atoms in total. The maximum atomic E-state index is 2.61. The summed E-state index contributed by atoms with van der Waals surface area (Å²) in [4.78, 5) is 0. The Balaban J connectivity index is 0.000000678. The molecular formula is C32H53FeP3-6. The quantitative estimate of drug-likeness (QED) is 0.180. The van der Waals surface area contributed by atoms with Gasteiger partial charge in [-0.2, -0.15) is 0 Å². The van der Waals surface area contributed by atoms with Crippen molar-refractivity contribution in [2.24, 2.45) is 0 Å². The van der Waals surface area contributed by atoms with E-state index in [4.69, 9.17) is 0 Å².